The number of halogens is 1. The summed E-state index contributed by atoms with van der Waals surface area (Å²) in [6.45, 7) is 5.76. The topological polar surface area (TPSA) is 82.6 Å². The van der Waals surface area contributed by atoms with E-state index in [1.165, 1.54) is 32.3 Å². The van der Waals surface area contributed by atoms with Crippen molar-refractivity contribution in [3.8, 4) is 0 Å². The fraction of sp³-hybridized carbons (Fsp3) is 0.333. The lowest BCUT2D eigenvalue weighted by molar-refractivity contribution is 0.102. The van der Waals surface area contributed by atoms with Crippen LogP contribution in [0.1, 0.15) is 24.2 Å². The van der Waals surface area contributed by atoms with Crippen LogP contribution in [0.4, 0.5) is 11.5 Å². The SMILES string of the molecule is CCN(CC)c1ccc(NC(=O)c2ccc(Cl)c(S(=O)(=O)N(C)C)c2)cn1. The number of benzene rings is 1. The minimum absolute atomic E-state index is 0.0606. The first kappa shape index (κ1) is 21.1. The monoisotopic (exact) mass is 410 g/mol. The molecule has 0 saturated carbocycles. The third-order valence-electron chi connectivity index (χ3n) is 4.05. The molecule has 1 aromatic carbocycles. The number of nitrogens with zero attached hydrogens (tertiary/aromatic N) is 3. The van der Waals surface area contributed by atoms with Crippen LogP contribution < -0.4 is 10.2 Å². The molecule has 27 heavy (non-hydrogen) atoms. The van der Waals surface area contributed by atoms with Crippen molar-refractivity contribution in [3.05, 3.63) is 47.1 Å². The molecule has 146 valence electrons. The molecule has 1 aromatic heterocycles. The highest BCUT2D eigenvalue weighted by atomic mass is 35.5. The minimum Gasteiger partial charge on any atom is -0.357 e. The smallest absolute Gasteiger partial charge is 0.255 e. The summed E-state index contributed by atoms with van der Waals surface area (Å²) in [4.78, 5) is 18.8. The second kappa shape index (κ2) is 8.69. The summed E-state index contributed by atoms with van der Waals surface area (Å²) in [5.74, 6) is 0.378. The van der Waals surface area contributed by atoms with Crippen molar-refractivity contribution in [1.82, 2.24) is 9.29 Å². The van der Waals surface area contributed by atoms with Crippen molar-refractivity contribution in [3.63, 3.8) is 0 Å². The van der Waals surface area contributed by atoms with Crippen LogP contribution in [0.3, 0.4) is 0 Å². The molecule has 0 fully saturated rings. The van der Waals surface area contributed by atoms with Gasteiger partial charge in [-0.2, -0.15) is 0 Å². The molecular weight excluding hydrogens is 388 g/mol. The van der Waals surface area contributed by atoms with Gasteiger partial charge in [0.2, 0.25) is 10.0 Å². The van der Waals surface area contributed by atoms with E-state index in [9.17, 15) is 13.2 Å². The largest absolute Gasteiger partial charge is 0.357 e. The Morgan fingerprint density at radius 1 is 1.15 bits per heavy atom. The first-order chi connectivity index (χ1) is 12.7. The summed E-state index contributed by atoms with van der Waals surface area (Å²) in [7, 11) is -0.945. The van der Waals surface area contributed by atoms with E-state index < -0.39 is 15.9 Å². The van der Waals surface area contributed by atoms with Gasteiger partial charge in [-0.25, -0.2) is 17.7 Å². The molecule has 2 rings (SSSR count). The Kier molecular flexibility index (Phi) is 6.80. The second-order valence-electron chi connectivity index (χ2n) is 5.96. The minimum atomic E-state index is -3.75. The molecule has 1 N–H and O–H groups in total. The molecule has 1 heterocycles. The van der Waals surface area contributed by atoms with E-state index in [4.69, 9.17) is 11.6 Å². The number of rotatable bonds is 7. The lowest BCUT2D eigenvalue weighted by atomic mass is 10.2. The Morgan fingerprint density at radius 3 is 2.33 bits per heavy atom. The maximum Gasteiger partial charge on any atom is 0.255 e. The first-order valence-electron chi connectivity index (χ1n) is 8.45. The summed E-state index contributed by atoms with van der Waals surface area (Å²) < 4.78 is 25.7. The van der Waals surface area contributed by atoms with E-state index in [0.29, 0.717) is 5.69 Å². The normalized spacial score (nSPS) is 11.5. The molecule has 0 aliphatic rings. The van der Waals surface area contributed by atoms with Crippen LogP contribution in [0.5, 0.6) is 0 Å². The van der Waals surface area contributed by atoms with Gasteiger partial charge in [0.25, 0.3) is 5.91 Å². The Balaban J connectivity index is 2.24. The summed E-state index contributed by atoms with van der Waals surface area (Å²) >= 11 is 6.01. The summed E-state index contributed by atoms with van der Waals surface area (Å²) in [6, 6.07) is 7.72. The number of carbonyl (C=O) groups excluding carboxylic acids is 1. The highest BCUT2D eigenvalue weighted by molar-refractivity contribution is 7.89. The van der Waals surface area contributed by atoms with Crippen molar-refractivity contribution in [1.29, 1.82) is 0 Å². The van der Waals surface area contributed by atoms with Gasteiger partial charge in [0.15, 0.2) is 0 Å². The third-order valence-corrected chi connectivity index (χ3v) is 6.34. The molecule has 0 unspecified atom stereocenters. The molecule has 0 saturated heterocycles. The summed E-state index contributed by atoms with van der Waals surface area (Å²) in [5, 5.41) is 2.78. The number of hydrogen-bond donors (Lipinski definition) is 1. The summed E-state index contributed by atoms with van der Waals surface area (Å²) in [5.41, 5.74) is 0.704. The molecule has 1 amide bonds. The van der Waals surface area contributed by atoms with Gasteiger partial charge in [-0.05, 0) is 44.2 Å². The van der Waals surface area contributed by atoms with E-state index in [2.05, 4.69) is 15.2 Å². The van der Waals surface area contributed by atoms with Crippen LogP contribution in [0.25, 0.3) is 0 Å². The van der Waals surface area contributed by atoms with Crippen LogP contribution in [-0.4, -0.2) is 50.8 Å². The number of aromatic nitrogens is 1. The average Bonchev–Trinajstić information content (AvgIpc) is 2.64. The second-order valence-corrected chi connectivity index (χ2v) is 8.49. The van der Waals surface area contributed by atoms with Gasteiger partial charge >= 0.3 is 0 Å². The third kappa shape index (κ3) is 4.77. The predicted molar refractivity (Wildman–Crippen MR) is 108 cm³/mol. The number of carbonyl (C=O) groups is 1. The molecular formula is C18H23ClN4O3S. The van der Waals surface area contributed by atoms with Crippen molar-refractivity contribution in [2.75, 3.05) is 37.4 Å². The van der Waals surface area contributed by atoms with Gasteiger partial charge in [-0.1, -0.05) is 11.6 Å². The Labute approximate surface area is 165 Å². The molecule has 0 bridgehead atoms. The number of pyridine rings is 1. The molecule has 2 aromatic rings. The van der Waals surface area contributed by atoms with Gasteiger partial charge in [-0.15, -0.1) is 0 Å². The lowest BCUT2D eigenvalue weighted by Crippen LogP contribution is -2.23. The zero-order chi connectivity index (χ0) is 20.2. The number of hydrogen-bond acceptors (Lipinski definition) is 5. The van der Waals surface area contributed by atoms with Crippen LogP contribution in [0.15, 0.2) is 41.4 Å². The van der Waals surface area contributed by atoms with Crippen LogP contribution in [-0.2, 0) is 10.0 Å². The van der Waals surface area contributed by atoms with Gasteiger partial charge in [0.1, 0.15) is 10.7 Å². The van der Waals surface area contributed by atoms with Gasteiger partial charge in [-0.3, -0.25) is 4.79 Å². The van der Waals surface area contributed by atoms with E-state index >= 15 is 0 Å². The predicted octanol–water partition coefficient (Wildman–Crippen LogP) is 3.08. The van der Waals surface area contributed by atoms with E-state index in [1.807, 2.05) is 19.9 Å². The molecule has 0 spiro atoms. The molecule has 0 radical (unpaired) electrons. The molecule has 9 heteroatoms. The van der Waals surface area contributed by atoms with Crippen molar-refractivity contribution >= 4 is 39.0 Å². The highest BCUT2D eigenvalue weighted by Gasteiger charge is 2.22. The first-order valence-corrected chi connectivity index (χ1v) is 10.3. The van der Waals surface area contributed by atoms with Crippen LogP contribution >= 0.6 is 11.6 Å². The fourth-order valence-electron chi connectivity index (χ4n) is 2.44. The maximum atomic E-state index is 12.5. The molecule has 7 nitrogen and oxygen atoms in total. The Bertz CT molecular complexity index is 911. The van der Waals surface area contributed by atoms with Crippen molar-refractivity contribution in [2.45, 2.75) is 18.7 Å². The maximum absolute atomic E-state index is 12.5. The zero-order valence-electron chi connectivity index (χ0n) is 15.7. The fourth-order valence-corrected chi connectivity index (χ4v) is 3.83. The van der Waals surface area contributed by atoms with Gasteiger partial charge < -0.3 is 10.2 Å². The number of sulfonamides is 1. The Morgan fingerprint density at radius 2 is 1.81 bits per heavy atom. The number of amides is 1. The number of anilines is 2. The lowest BCUT2D eigenvalue weighted by Gasteiger charge is -2.19. The van der Waals surface area contributed by atoms with Gasteiger partial charge in [0.05, 0.1) is 16.9 Å². The van der Waals surface area contributed by atoms with E-state index in [1.54, 1.807) is 12.3 Å². The van der Waals surface area contributed by atoms with E-state index in [-0.39, 0.29) is 15.5 Å². The van der Waals surface area contributed by atoms with Crippen LogP contribution in [0, 0.1) is 0 Å². The quantitative estimate of drug-likeness (QED) is 0.758. The van der Waals surface area contributed by atoms with Crippen molar-refractivity contribution in [2.24, 2.45) is 0 Å². The van der Waals surface area contributed by atoms with E-state index in [0.717, 1.165) is 23.2 Å². The Hall–Kier alpha value is -2.16. The molecule has 0 atom stereocenters. The molecule has 0 aliphatic carbocycles. The molecule has 0 aliphatic heterocycles. The van der Waals surface area contributed by atoms with Crippen molar-refractivity contribution < 1.29 is 13.2 Å². The van der Waals surface area contributed by atoms with Gasteiger partial charge in [0, 0.05) is 32.7 Å². The zero-order valence-corrected chi connectivity index (χ0v) is 17.3. The highest BCUT2D eigenvalue weighted by Crippen LogP contribution is 2.25. The summed E-state index contributed by atoms with van der Waals surface area (Å²) in [6.07, 6.45) is 1.57. The average molecular weight is 411 g/mol. The van der Waals surface area contributed by atoms with Crippen LogP contribution in [0.2, 0.25) is 5.02 Å². The number of nitrogens with one attached hydrogen (secondary N) is 1. The standard InChI is InChI=1S/C18H23ClN4O3S/c1-5-23(6-2)17-10-8-14(12-20-17)21-18(24)13-7-9-15(19)16(11-13)27(25,26)22(3)4/h7-12H,5-6H2,1-4H3,(H,21,24).